The lowest BCUT2D eigenvalue weighted by Gasteiger charge is -2.07. The first kappa shape index (κ1) is 20.7. The molecule has 0 saturated heterocycles. The minimum Gasteiger partial charge on any atom is -0.494 e. The molecule has 0 saturated carbocycles. The van der Waals surface area contributed by atoms with E-state index in [9.17, 15) is 9.59 Å². The molecule has 0 radical (unpaired) electrons. The first-order valence-corrected chi connectivity index (χ1v) is 10.4. The molecule has 0 heterocycles. The van der Waals surface area contributed by atoms with Gasteiger partial charge < -0.3 is 10.1 Å². The van der Waals surface area contributed by atoms with Crippen LogP contribution in [0.15, 0.2) is 77.7 Å². The fourth-order valence-electron chi connectivity index (χ4n) is 2.76. The summed E-state index contributed by atoms with van der Waals surface area (Å²) in [6.07, 6.45) is 0. The fraction of sp³-hybridized carbons (Fsp3) is 0.167. The Bertz CT molecular complexity index is 982. The summed E-state index contributed by atoms with van der Waals surface area (Å²) in [5.74, 6) is 1.04. The van der Waals surface area contributed by atoms with Gasteiger partial charge in [-0.3, -0.25) is 9.59 Å². The second-order valence-corrected chi connectivity index (χ2v) is 7.57. The van der Waals surface area contributed by atoms with Gasteiger partial charge in [0.05, 0.1) is 12.4 Å². The Morgan fingerprint density at radius 2 is 1.66 bits per heavy atom. The van der Waals surface area contributed by atoms with Crippen molar-refractivity contribution < 1.29 is 14.3 Å². The summed E-state index contributed by atoms with van der Waals surface area (Å²) in [4.78, 5) is 25.7. The minimum atomic E-state index is -0.139. The van der Waals surface area contributed by atoms with Crippen LogP contribution in [-0.4, -0.2) is 24.1 Å². The molecule has 29 heavy (non-hydrogen) atoms. The van der Waals surface area contributed by atoms with Crippen molar-refractivity contribution in [2.24, 2.45) is 0 Å². The van der Waals surface area contributed by atoms with Crippen molar-refractivity contribution in [1.29, 1.82) is 0 Å². The van der Waals surface area contributed by atoms with Gasteiger partial charge in [0.25, 0.3) is 5.91 Å². The quantitative estimate of drug-likeness (QED) is 0.390. The maximum absolute atomic E-state index is 12.4. The standard InChI is InChI=1S/C24H23NO3S/c1-3-28-21-11-7-18(8-12-21)23(26)16-29-22-13-9-20(10-14-22)25-24(27)19-6-4-5-17(2)15-19/h4-15H,3,16H2,1-2H3,(H,25,27). The molecular formula is C24H23NO3S. The lowest BCUT2D eigenvalue weighted by molar-refractivity contribution is 0.101. The summed E-state index contributed by atoms with van der Waals surface area (Å²) in [5.41, 5.74) is 3.06. The van der Waals surface area contributed by atoms with Gasteiger partial charge in [-0.1, -0.05) is 17.7 Å². The molecule has 148 valence electrons. The van der Waals surface area contributed by atoms with Crippen LogP contribution in [0.4, 0.5) is 5.69 Å². The maximum atomic E-state index is 12.4. The van der Waals surface area contributed by atoms with Crippen molar-refractivity contribution in [2.45, 2.75) is 18.7 Å². The molecule has 0 aromatic heterocycles. The van der Waals surface area contributed by atoms with Gasteiger partial charge in [-0.05, 0) is 74.5 Å². The lowest BCUT2D eigenvalue weighted by atomic mass is 10.1. The third-order valence-electron chi connectivity index (χ3n) is 4.25. The number of carbonyl (C=O) groups is 2. The average molecular weight is 406 g/mol. The topological polar surface area (TPSA) is 55.4 Å². The predicted molar refractivity (Wildman–Crippen MR) is 118 cm³/mol. The molecule has 1 N–H and O–H groups in total. The Balaban J connectivity index is 1.53. The van der Waals surface area contributed by atoms with Gasteiger partial charge in [-0.25, -0.2) is 0 Å². The monoisotopic (exact) mass is 405 g/mol. The van der Waals surface area contributed by atoms with Crippen molar-refractivity contribution in [1.82, 2.24) is 0 Å². The van der Waals surface area contributed by atoms with Crippen molar-refractivity contribution in [3.63, 3.8) is 0 Å². The summed E-state index contributed by atoms with van der Waals surface area (Å²) in [7, 11) is 0. The molecule has 3 aromatic carbocycles. The predicted octanol–water partition coefficient (Wildman–Crippen LogP) is 5.62. The van der Waals surface area contributed by atoms with Crippen molar-refractivity contribution in [3.05, 3.63) is 89.5 Å². The van der Waals surface area contributed by atoms with E-state index in [1.54, 1.807) is 18.2 Å². The largest absolute Gasteiger partial charge is 0.494 e. The number of ketones is 1. The van der Waals surface area contributed by atoms with Crippen LogP contribution in [0.2, 0.25) is 0 Å². The number of aryl methyl sites for hydroxylation is 1. The van der Waals surface area contributed by atoms with Crippen molar-refractivity contribution >= 4 is 29.1 Å². The van der Waals surface area contributed by atoms with Crippen LogP contribution >= 0.6 is 11.8 Å². The first-order valence-electron chi connectivity index (χ1n) is 9.42. The smallest absolute Gasteiger partial charge is 0.255 e. The summed E-state index contributed by atoms with van der Waals surface area (Å²) in [6, 6.07) is 22.2. The number of hydrogen-bond acceptors (Lipinski definition) is 4. The SMILES string of the molecule is CCOc1ccc(C(=O)CSc2ccc(NC(=O)c3cccc(C)c3)cc2)cc1. The van der Waals surface area contributed by atoms with E-state index in [0.717, 1.165) is 21.9 Å². The number of amides is 1. The number of thioether (sulfide) groups is 1. The van der Waals surface area contributed by atoms with Crippen molar-refractivity contribution in [2.75, 3.05) is 17.7 Å². The van der Waals surface area contributed by atoms with E-state index in [-0.39, 0.29) is 11.7 Å². The Labute approximate surface area is 175 Å². The zero-order valence-corrected chi connectivity index (χ0v) is 17.3. The molecule has 4 nitrogen and oxygen atoms in total. The molecule has 3 rings (SSSR count). The molecule has 0 aliphatic carbocycles. The molecule has 0 aliphatic heterocycles. The van der Waals surface area contributed by atoms with Crippen LogP contribution in [-0.2, 0) is 0 Å². The van der Waals surface area contributed by atoms with E-state index in [1.165, 1.54) is 11.8 Å². The maximum Gasteiger partial charge on any atom is 0.255 e. The van der Waals surface area contributed by atoms with E-state index in [2.05, 4.69) is 5.32 Å². The second kappa shape index (κ2) is 9.94. The molecule has 0 atom stereocenters. The molecular weight excluding hydrogens is 382 g/mol. The second-order valence-electron chi connectivity index (χ2n) is 6.52. The lowest BCUT2D eigenvalue weighted by Crippen LogP contribution is -2.11. The third-order valence-corrected chi connectivity index (χ3v) is 5.26. The summed E-state index contributed by atoms with van der Waals surface area (Å²) < 4.78 is 5.40. The normalized spacial score (nSPS) is 10.4. The number of hydrogen-bond donors (Lipinski definition) is 1. The molecule has 3 aromatic rings. The van der Waals surface area contributed by atoms with Gasteiger partial charge in [0.2, 0.25) is 0 Å². The number of anilines is 1. The Kier molecular flexibility index (Phi) is 7.09. The van der Waals surface area contributed by atoms with Gasteiger partial charge >= 0.3 is 0 Å². The van der Waals surface area contributed by atoms with E-state index in [0.29, 0.717) is 23.5 Å². The highest BCUT2D eigenvalue weighted by atomic mass is 32.2. The van der Waals surface area contributed by atoms with E-state index >= 15 is 0 Å². The number of nitrogens with one attached hydrogen (secondary N) is 1. The van der Waals surface area contributed by atoms with Crippen LogP contribution in [0, 0.1) is 6.92 Å². The number of Topliss-reactive ketones (excluding diaryl/α,β-unsaturated/α-hetero) is 1. The molecule has 0 unspecified atom stereocenters. The van der Waals surface area contributed by atoms with Crippen LogP contribution in [0.3, 0.4) is 0 Å². The number of rotatable bonds is 8. The van der Waals surface area contributed by atoms with Gasteiger partial charge in [0.1, 0.15) is 5.75 Å². The first-order chi connectivity index (χ1) is 14.0. The summed E-state index contributed by atoms with van der Waals surface area (Å²) >= 11 is 1.47. The Hall–Kier alpha value is -3.05. The molecule has 0 bridgehead atoms. The zero-order chi connectivity index (χ0) is 20.6. The molecule has 5 heteroatoms. The van der Waals surface area contributed by atoms with E-state index < -0.39 is 0 Å². The molecule has 0 fully saturated rings. The van der Waals surface area contributed by atoms with Crippen LogP contribution in [0.25, 0.3) is 0 Å². The summed E-state index contributed by atoms with van der Waals surface area (Å²) in [5, 5.41) is 2.89. The molecule has 0 spiro atoms. The van der Waals surface area contributed by atoms with Crippen molar-refractivity contribution in [3.8, 4) is 5.75 Å². The average Bonchev–Trinajstić information content (AvgIpc) is 2.74. The van der Waals surface area contributed by atoms with Gasteiger partial charge in [-0.15, -0.1) is 11.8 Å². The molecule has 0 aliphatic rings. The van der Waals surface area contributed by atoms with Crippen LogP contribution in [0.5, 0.6) is 5.75 Å². The molecule has 1 amide bonds. The van der Waals surface area contributed by atoms with Gasteiger partial charge in [0, 0.05) is 21.7 Å². The zero-order valence-electron chi connectivity index (χ0n) is 16.5. The third kappa shape index (κ3) is 5.96. The highest BCUT2D eigenvalue weighted by Crippen LogP contribution is 2.22. The van der Waals surface area contributed by atoms with Crippen LogP contribution in [0.1, 0.15) is 33.2 Å². The van der Waals surface area contributed by atoms with E-state index in [4.69, 9.17) is 4.74 Å². The number of benzene rings is 3. The summed E-state index contributed by atoms with van der Waals surface area (Å²) in [6.45, 7) is 4.48. The van der Waals surface area contributed by atoms with E-state index in [1.807, 2.05) is 68.4 Å². The Morgan fingerprint density at radius 1 is 0.931 bits per heavy atom. The van der Waals surface area contributed by atoms with Crippen LogP contribution < -0.4 is 10.1 Å². The highest BCUT2D eigenvalue weighted by molar-refractivity contribution is 8.00. The van der Waals surface area contributed by atoms with Gasteiger partial charge in [-0.2, -0.15) is 0 Å². The number of ether oxygens (including phenoxy) is 1. The Morgan fingerprint density at radius 3 is 2.31 bits per heavy atom. The minimum absolute atomic E-state index is 0.0647. The fourth-order valence-corrected chi connectivity index (χ4v) is 3.55. The highest BCUT2D eigenvalue weighted by Gasteiger charge is 2.09. The number of carbonyl (C=O) groups excluding carboxylic acids is 2. The van der Waals surface area contributed by atoms with Gasteiger partial charge in [0.15, 0.2) is 5.78 Å².